The number of rotatable bonds is 3. The molecule has 2 aliphatic heterocycles. The maximum absolute atomic E-state index is 13.2. The molecule has 7 nitrogen and oxygen atoms in total. The third-order valence-corrected chi connectivity index (χ3v) is 6.09. The van der Waals surface area contributed by atoms with E-state index in [-0.39, 0.29) is 12.0 Å². The van der Waals surface area contributed by atoms with Crippen LogP contribution in [0, 0.1) is 20.8 Å². The number of pyridine rings is 1. The molecule has 7 heteroatoms. The molecular formula is C24H30N4O3. The highest BCUT2D eigenvalue weighted by atomic mass is 16.6. The quantitative estimate of drug-likeness (QED) is 0.755. The number of hydrogen-bond donors (Lipinski definition) is 0. The summed E-state index contributed by atoms with van der Waals surface area (Å²) in [5.41, 5.74) is 4.19. The Hall–Kier alpha value is -3.09. The summed E-state index contributed by atoms with van der Waals surface area (Å²) in [5.74, 6) is 1.03. The summed E-state index contributed by atoms with van der Waals surface area (Å²) < 4.78 is 5.21. The molecule has 1 aromatic heterocycles. The van der Waals surface area contributed by atoms with Gasteiger partial charge in [0.2, 0.25) is 0 Å². The van der Waals surface area contributed by atoms with Crippen LogP contribution in [0.4, 0.5) is 16.3 Å². The molecule has 0 N–H and O–H groups in total. The van der Waals surface area contributed by atoms with E-state index < -0.39 is 5.54 Å². The van der Waals surface area contributed by atoms with Crippen LogP contribution in [-0.2, 0) is 4.74 Å². The van der Waals surface area contributed by atoms with E-state index in [9.17, 15) is 9.59 Å². The normalized spacial score (nSPS) is 18.4. The van der Waals surface area contributed by atoms with Crippen molar-refractivity contribution >= 4 is 23.5 Å². The lowest BCUT2D eigenvalue weighted by atomic mass is 10.0. The van der Waals surface area contributed by atoms with Crippen molar-refractivity contribution in [2.45, 2.75) is 40.2 Å². The summed E-state index contributed by atoms with van der Waals surface area (Å²) in [6.45, 7) is 13.2. The fraction of sp³-hybridized carbons (Fsp3) is 0.458. The molecular weight excluding hydrogens is 392 g/mol. The van der Waals surface area contributed by atoms with Crippen LogP contribution in [0.2, 0.25) is 0 Å². The van der Waals surface area contributed by atoms with Crippen LogP contribution in [0.1, 0.15) is 40.9 Å². The van der Waals surface area contributed by atoms with Crippen LogP contribution >= 0.6 is 0 Å². The van der Waals surface area contributed by atoms with Gasteiger partial charge >= 0.3 is 6.09 Å². The molecule has 2 aromatic rings. The van der Waals surface area contributed by atoms with Gasteiger partial charge in [-0.2, -0.15) is 0 Å². The van der Waals surface area contributed by atoms with Crippen molar-refractivity contribution in [2.75, 3.05) is 42.6 Å². The second-order valence-corrected chi connectivity index (χ2v) is 9.13. The topological polar surface area (TPSA) is 66.0 Å². The van der Waals surface area contributed by atoms with Gasteiger partial charge in [-0.25, -0.2) is 9.78 Å². The number of carbonyl (C=O) groups is 2. The van der Waals surface area contributed by atoms with Crippen molar-refractivity contribution in [3.05, 3.63) is 52.7 Å². The minimum Gasteiger partial charge on any atom is -0.447 e. The standard InChI is InChI=1S/C24H30N4O3/c1-16-12-18(3)21(25-14-16)26-8-10-27(11-9-26)22(29)20-7-6-19(13-17(20)2)28-23(30)31-15-24(28,4)5/h6-7,12-14H,8-11,15H2,1-5H3. The zero-order valence-corrected chi connectivity index (χ0v) is 18.9. The van der Waals surface area contributed by atoms with Crippen LogP contribution in [0.3, 0.4) is 0 Å². The lowest BCUT2D eigenvalue weighted by molar-refractivity contribution is 0.0746. The number of ether oxygens (including phenoxy) is 1. The first-order valence-electron chi connectivity index (χ1n) is 10.7. The molecule has 4 rings (SSSR count). The Kier molecular flexibility index (Phi) is 5.37. The van der Waals surface area contributed by atoms with Gasteiger partial charge in [-0.3, -0.25) is 9.69 Å². The van der Waals surface area contributed by atoms with Crippen molar-refractivity contribution < 1.29 is 14.3 Å². The van der Waals surface area contributed by atoms with Crippen molar-refractivity contribution in [1.29, 1.82) is 0 Å². The summed E-state index contributed by atoms with van der Waals surface area (Å²) in [4.78, 5) is 35.8. The maximum Gasteiger partial charge on any atom is 0.414 e. The number of nitrogens with zero attached hydrogens (tertiary/aromatic N) is 4. The molecule has 31 heavy (non-hydrogen) atoms. The van der Waals surface area contributed by atoms with E-state index in [1.165, 1.54) is 0 Å². The summed E-state index contributed by atoms with van der Waals surface area (Å²) in [6, 6.07) is 7.71. The fourth-order valence-electron chi connectivity index (χ4n) is 4.43. The van der Waals surface area contributed by atoms with Gasteiger partial charge in [0.1, 0.15) is 12.4 Å². The second kappa shape index (κ2) is 7.87. The first-order chi connectivity index (χ1) is 14.7. The molecule has 0 unspecified atom stereocenters. The zero-order chi connectivity index (χ0) is 22.3. The number of hydrogen-bond acceptors (Lipinski definition) is 5. The highest BCUT2D eigenvalue weighted by molar-refractivity contribution is 5.97. The lowest BCUT2D eigenvalue weighted by Gasteiger charge is -2.36. The van der Waals surface area contributed by atoms with E-state index in [0.717, 1.165) is 41.3 Å². The number of cyclic esters (lactones) is 1. The van der Waals surface area contributed by atoms with Crippen LogP contribution in [0.5, 0.6) is 0 Å². The molecule has 164 valence electrons. The van der Waals surface area contributed by atoms with E-state index in [2.05, 4.69) is 22.9 Å². The molecule has 2 fully saturated rings. The van der Waals surface area contributed by atoms with Gasteiger partial charge in [-0.15, -0.1) is 0 Å². The average molecular weight is 423 g/mol. The highest BCUT2D eigenvalue weighted by Crippen LogP contribution is 2.32. The molecule has 2 saturated heterocycles. The minimum absolute atomic E-state index is 0.0283. The number of carbonyl (C=O) groups excluding carboxylic acids is 2. The molecule has 0 aliphatic carbocycles. The van der Waals surface area contributed by atoms with E-state index in [1.54, 1.807) is 4.90 Å². The predicted molar refractivity (Wildman–Crippen MR) is 121 cm³/mol. The van der Waals surface area contributed by atoms with Crippen LogP contribution in [-0.4, -0.2) is 60.2 Å². The van der Waals surface area contributed by atoms with E-state index in [1.807, 2.05) is 57.0 Å². The first-order valence-corrected chi connectivity index (χ1v) is 10.7. The largest absolute Gasteiger partial charge is 0.447 e. The van der Waals surface area contributed by atoms with Gasteiger partial charge in [-0.1, -0.05) is 6.07 Å². The summed E-state index contributed by atoms with van der Waals surface area (Å²) in [6.07, 6.45) is 1.54. The van der Waals surface area contributed by atoms with Gasteiger partial charge in [0, 0.05) is 43.6 Å². The third-order valence-electron chi connectivity index (χ3n) is 6.09. The summed E-state index contributed by atoms with van der Waals surface area (Å²) >= 11 is 0. The number of aromatic nitrogens is 1. The zero-order valence-electron chi connectivity index (χ0n) is 18.9. The second-order valence-electron chi connectivity index (χ2n) is 9.13. The molecule has 0 atom stereocenters. The van der Waals surface area contributed by atoms with Crippen molar-refractivity contribution in [3.63, 3.8) is 0 Å². The summed E-state index contributed by atoms with van der Waals surface area (Å²) in [5, 5.41) is 0. The molecule has 3 heterocycles. The van der Waals surface area contributed by atoms with E-state index >= 15 is 0 Å². The third kappa shape index (κ3) is 3.96. The molecule has 0 spiro atoms. The Morgan fingerprint density at radius 3 is 2.32 bits per heavy atom. The number of anilines is 2. The van der Waals surface area contributed by atoms with Gasteiger partial charge in [0.25, 0.3) is 5.91 Å². The number of aryl methyl sites for hydroxylation is 3. The van der Waals surface area contributed by atoms with Crippen LogP contribution in [0.25, 0.3) is 0 Å². The Bertz CT molecular complexity index is 1030. The minimum atomic E-state index is -0.409. The van der Waals surface area contributed by atoms with E-state index in [4.69, 9.17) is 4.74 Å². The monoisotopic (exact) mass is 422 g/mol. The van der Waals surface area contributed by atoms with Crippen molar-refractivity contribution in [1.82, 2.24) is 9.88 Å². The predicted octanol–water partition coefficient (Wildman–Crippen LogP) is 3.70. The first kappa shape index (κ1) is 21.2. The van der Waals surface area contributed by atoms with Crippen LogP contribution < -0.4 is 9.80 Å². The Morgan fingerprint density at radius 2 is 1.74 bits per heavy atom. The Morgan fingerprint density at radius 1 is 1.03 bits per heavy atom. The molecule has 0 bridgehead atoms. The summed E-state index contributed by atoms with van der Waals surface area (Å²) in [7, 11) is 0. The van der Waals surface area contributed by atoms with Crippen molar-refractivity contribution in [3.8, 4) is 0 Å². The Balaban J connectivity index is 1.46. The molecule has 2 amide bonds. The van der Waals surface area contributed by atoms with E-state index in [0.29, 0.717) is 25.3 Å². The van der Waals surface area contributed by atoms with Crippen molar-refractivity contribution in [2.24, 2.45) is 0 Å². The SMILES string of the molecule is Cc1cnc(N2CCN(C(=O)c3ccc(N4C(=O)OCC4(C)C)cc3C)CC2)c(C)c1. The highest BCUT2D eigenvalue weighted by Gasteiger charge is 2.41. The maximum atomic E-state index is 13.2. The Labute approximate surface area is 183 Å². The lowest BCUT2D eigenvalue weighted by Crippen LogP contribution is -2.49. The van der Waals surface area contributed by atoms with Crippen LogP contribution in [0.15, 0.2) is 30.5 Å². The van der Waals surface area contributed by atoms with Gasteiger partial charge < -0.3 is 14.5 Å². The molecule has 1 aromatic carbocycles. The van der Waals surface area contributed by atoms with Gasteiger partial charge in [-0.05, 0) is 69.5 Å². The van der Waals surface area contributed by atoms with Gasteiger partial charge in [0.15, 0.2) is 0 Å². The molecule has 0 saturated carbocycles. The van der Waals surface area contributed by atoms with Gasteiger partial charge in [0.05, 0.1) is 5.54 Å². The molecule has 2 aliphatic rings. The molecule has 0 radical (unpaired) electrons. The number of benzene rings is 1. The fourth-order valence-corrected chi connectivity index (χ4v) is 4.43. The smallest absolute Gasteiger partial charge is 0.414 e. The number of piperazine rings is 1. The average Bonchev–Trinajstić information content (AvgIpc) is 3.00. The number of amides is 2.